The number of carbonyl (C=O) groups excluding carboxylic acids is 1. The third kappa shape index (κ3) is 4.76. The Labute approximate surface area is 234 Å². The predicted octanol–water partition coefficient (Wildman–Crippen LogP) is 5.66. The molecule has 0 saturated carbocycles. The van der Waals surface area contributed by atoms with Crippen LogP contribution in [-0.2, 0) is 10.2 Å². The maximum atomic E-state index is 13.0. The molecule has 0 radical (unpaired) electrons. The van der Waals surface area contributed by atoms with E-state index in [0.717, 1.165) is 33.4 Å². The van der Waals surface area contributed by atoms with E-state index in [1.165, 1.54) is 0 Å². The third-order valence-corrected chi connectivity index (χ3v) is 7.27. The summed E-state index contributed by atoms with van der Waals surface area (Å²) in [4.78, 5) is 13.0. The van der Waals surface area contributed by atoms with Gasteiger partial charge in [0.15, 0.2) is 0 Å². The van der Waals surface area contributed by atoms with Crippen LogP contribution < -0.4 is 14.2 Å². The van der Waals surface area contributed by atoms with Crippen LogP contribution in [0.2, 0.25) is 0 Å². The molecule has 204 valence electrons. The number of allylic oxidation sites excluding steroid dienone is 1. The van der Waals surface area contributed by atoms with Gasteiger partial charge >= 0.3 is 5.97 Å². The normalized spacial score (nSPS) is 13.3. The van der Waals surface area contributed by atoms with E-state index in [-0.39, 0.29) is 26.4 Å². The Hall–Kier alpha value is -4.39. The van der Waals surface area contributed by atoms with Crippen LogP contribution in [0, 0.1) is 0 Å². The lowest BCUT2D eigenvalue weighted by atomic mass is 9.67. The van der Waals surface area contributed by atoms with Crippen molar-refractivity contribution >= 4 is 5.97 Å². The molecule has 0 heterocycles. The Morgan fingerprint density at radius 3 is 1.85 bits per heavy atom. The van der Waals surface area contributed by atoms with E-state index in [2.05, 4.69) is 18.2 Å². The van der Waals surface area contributed by atoms with Crippen LogP contribution in [0.1, 0.15) is 36.1 Å². The first kappa shape index (κ1) is 27.2. The first-order valence-electron chi connectivity index (χ1n) is 13.3. The Bertz CT molecular complexity index is 1470. The fourth-order valence-electron chi connectivity index (χ4n) is 5.40. The van der Waals surface area contributed by atoms with Crippen molar-refractivity contribution in [2.75, 3.05) is 26.4 Å². The van der Waals surface area contributed by atoms with Gasteiger partial charge < -0.3 is 24.4 Å². The van der Waals surface area contributed by atoms with Crippen molar-refractivity contribution in [3.63, 3.8) is 0 Å². The number of hydrogen-bond acceptors (Lipinski definition) is 6. The number of fused-ring (bicyclic) bond motifs is 3. The molecule has 40 heavy (non-hydrogen) atoms. The molecule has 0 saturated heterocycles. The number of esters is 1. The van der Waals surface area contributed by atoms with Crippen LogP contribution in [0.25, 0.3) is 11.1 Å². The smallest absolute Gasteiger partial charge is 0.338 e. The van der Waals surface area contributed by atoms with Crippen LogP contribution in [-0.4, -0.2) is 42.6 Å². The molecule has 0 spiro atoms. The zero-order chi connectivity index (χ0) is 28.1. The van der Waals surface area contributed by atoms with Gasteiger partial charge in [-0.2, -0.15) is 0 Å². The molecular weight excluding hydrogens is 504 g/mol. The zero-order valence-electron chi connectivity index (χ0n) is 22.6. The van der Waals surface area contributed by atoms with E-state index in [9.17, 15) is 15.0 Å². The van der Waals surface area contributed by atoms with Crippen molar-refractivity contribution < 1.29 is 29.2 Å². The van der Waals surface area contributed by atoms with Crippen LogP contribution >= 0.6 is 0 Å². The van der Waals surface area contributed by atoms with Crippen molar-refractivity contribution in [2.45, 2.75) is 19.3 Å². The summed E-state index contributed by atoms with van der Waals surface area (Å²) in [6.45, 7) is 3.82. The van der Waals surface area contributed by atoms with Crippen molar-refractivity contribution in [2.24, 2.45) is 0 Å². The number of hydrogen-bond donors (Lipinski definition) is 2. The maximum absolute atomic E-state index is 13.0. The molecule has 0 bridgehead atoms. The minimum Gasteiger partial charge on any atom is -0.491 e. The summed E-state index contributed by atoms with van der Waals surface area (Å²) < 4.78 is 17.4. The lowest BCUT2D eigenvalue weighted by molar-refractivity contribution is -0.130. The highest BCUT2D eigenvalue weighted by atomic mass is 16.5. The highest BCUT2D eigenvalue weighted by molar-refractivity contribution is 5.93. The molecule has 0 fully saturated rings. The van der Waals surface area contributed by atoms with Gasteiger partial charge in [-0.15, -0.1) is 0 Å². The summed E-state index contributed by atoms with van der Waals surface area (Å²) in [5, 5.41) is 18.4. The van der Waals surface area contributed by atoms with Crippen molar-refractivity contribution in [3.8, 4) is 28.4 Å². The zero-order valence-corrected chi connectivity index (χ0v) is 22.6. The van der Waals surface area contributed by atoms with Gasteiger partial charge in [0.25, 0.3) is 0 Å². The summed E-state index contributed by atoms with van der Waals surface area (Å²) >= 11 is 0. The number of ether oxygens (including phenoxy) is 3. The number of aliphatic hydroxyl groups is 2. The van der Waals surface area contributed by atoms with E-state index in [4.69, 9.17) is 14.2 Å². The average Bonchev–Trinajstić information content (AvgIpc) is 3.31. The molecular formula is C34H32O6. The summed E-state index contributed by atoms with van der Waals surface area (Å²) in [7, 11) is 0. The molecule has 2 N–H and O–H groups in total. The summed E-state index contributed by atoms with van der Waals surface area (Å²) in [5.41, 5.74) is 5.60. The first-order valence-corrected chi connectivity index (χ1v) is 13.3. The van der Waals surface area contributed by atoms with Crippen molar-refractivity contribution in [3.05, 3.63) is 125 Å². The summed E-state index contributed by atoms with van der Waals surface area (Å²) in [5.74, 6) is 1.38. The molecule has 4 aromatic rings. The highest BCUT2D eigenvalue weighted by Crippen LogP contribution is 2.59. The molecule has 0 aromatic heterocycles. The van der Waals surface area contributed by atoms with E-state index < -0.39 is 11.4 Å². The highest BCUT2D eigenvalue weighted by Gasteiger charge is 2.48. The third-order valence-electron chi connectivity index (χ3n) is 7.27. The fraction of sp³-hybridized carbons (Fsp3) is 0.206. The molecule has 0 amide bonds. The van der Waals surface area contributed by atoms with E-state index in [1.807, 2.05) is 79.7 Å². The first-order chi connectivity index (χ1) is 19.5. The van der Waals surface area contributed by atoms with Crippen LogP contribution in [0.4, 0.5) is 0 Å². The second kappa shape index (κ2) is 11.8. The molecule has 0 aliphatic heterocycles. The molecule has 6 heteroatoms. The molecule has 1 aliphatic rings. The minimum absolute atomic E-state index is 0.0719. The average molecular weight is 537 g/mol. The van der Waals surface area contributed by atoms with Gasteiger partial charge in [0.2, 0.25) is 0 Å². The summed E-state index contributed by atoms with van der Waals surface area (Å²) in [6.07, 6.45) is 1.74. The largest absolute Gasteiger partial charge is 0.491 e. The number of aliphatic hydroxyl groups excluding tert-OH is 2. The lowest BCUT2D eigenvalue weighted by Gasteiger charge is -2.34. The number of benzene rings is 4. The Morgan fingerprint density at radius 1 is 0.750 bits per heavy atom. The molecule has 0 atom stereocenters. The maximum Gasteiger partial charge on any atom is 0.338 e. The van der Waals surface area contributed by atoms with Gasteiger partial charge in [0, 0.05) is 11.1 Å². The Morgan fingerprint density at radius 2 is 1.30 bits per heavy atom. The van der Waals surface area contributed by atoms with Crippen LogP contribution in [0.5, 0.6) is 17.2 Å². The minimum atomic E-state index is -0.822. The monoisotopic (exact) mass is 536 g/mol. The fourth-order valence-corrected chi connectivity index (χ4v) is 5.40. The van der Waals surface area contributed by atoms with E-state index in [0.29, 0.717) is 22.8 Å². The van der Waals surface area contributed by atoms with Gasteiger partial charge in [-0.3, -0.25) is 0 Å². The molecule has 5 rings (SSSR count). The molecule has 4 aromatic carbocycles. The van der Waals surface area contributed by atoms with Crippen LogP contribution in [0.3, 0.4) is 0 Å². The van der Waals surface area contributed by atoms with Crippen LogP contribution in [0.15, 0.2) is 103 Å². The second-order valence-corrected chi connectivity index (χ2v) is 9.53. The molecule has 6 nitrogen and oxygen atoms in total. The number of carbonyl (C=O) groups is 1. The Balaban J connectivity index is 1.78. The van der Waals surface area contributed by atoms with Gasteiger partial charge in [0.1, 0.15) is 30.5 Å². The van der Waals surface area contributed by atoms with Gasteiger partial charge in [-0.25, -0.2) is 4.79 Å². The molecule has 0 unspecified atom stereocenters. The Kier molecular flexibility index (Phi) is 8.01. The van der Waals surface area contributed by atoms with E-state index >= 15 is 0 Å². The van der Waals surface area contributed by atoms with E-state index in [1.54, 1.807) is 13.0 Å². The quantitative estimate of drug-likeness (QED) is 0.136. The number of rotatable bonds is 10. The SMILES string of the molecule is CC=C(C)C(=O)Oc1cccc2c1C(c1ccc(OCCO)cc1)(c1ccc(OCCO)cc1)c1ccccc1-2. The lowest BCUT2D eigenvalue weighted by Crippen LogP contribution is -2.29. The van der Waals surface area contributed by atoms with Gasteiger partial charge in [-0.05, 0) is 72.0 Å². The second-order valence-electron chi connectivity index (χ2n) is 9.53. The summed E-state index contributed by atoms with van der Waals surface area (Å²) in [6, 6.07) is 29.7. The predicted molar refractivity (Wildman–Crippen MR) is 154 cm³/mol. The topological polar surface area (TPSA) is 85.2 Å². The van der Waals surface area contributed by atoms with Crippen molar-refractivity contribution in [1.29, 1.82) is 0 Å². The standard InChI is InChI=1S/C34H32O6/c1-3-23(2)33(37)40-31-10-6-8-29-28-7-4-5-9-30(28)34(32(29)31,24-11-15-26(16-12-24)38-21-19-35)25-13-17-27(18-14-25)39-22-20-36/h3-18,35-36H,19-22H2,1-2H3. The van der Waals surface area contributed by atoms with Gasteiger partial charge in [0.05, 0.1) is 18.6 Å². The van der Waals surface area contributed by atoms with Gasteiger partial charge in [-0.1, -0.05) is 66.7 Å². The molecule has 1 aliphatic carbocycles. The van der Waals surface area contributed by atoms with Crippen molar-refractivity contribution in [1.82, 2.24) is 0 Å².